The van der Waals surface area contributed by atoms with Crippen LogP contribution >= 0.6 is 27.7 Å². The number of halogens is 1. The van der Waals surface area contributed by atoms with E-state index in [1.165, 1.54) is 0 Å². The number of aromatic nitrogens is 3. The first-order valence-corrected chi connectivity index (χ1v) is 7.10. The predicted molar refractivity (Wildman–Crippen MR) is 74.3 cm³/mol. The van der Waals surface area contributed by atoms with Gasteiger partial charge < -0.3 is 5.84 Å². The third-order valence-corrected chi connectivity index (χ3v) is 4.06. The fourth-order valence-corrected chi connectivity index (χ4v) is 2.57. The highest BCUT2D eigenvalue weighted by Crippen LogP contribution is 2.27. The van der Waals surface area contributed by atoms with Crippen LogP contribution < -0.4 is 5.84 Å². The van der Waals surface area contributed by atoms with Crippen LogP contribution in [0.4, 0.5) is 0 Å². The molecule has 0 aliphatic carbocycles. The molecule has 0 atom stereocenters. The smallest absolute Gasteiger partial charge is 0.210 e. The lowest BCUT2D eigenvalue weighted by Gasteiger charge is -2.04. The Labute approximate surface area is 113 Å². The van der Waals surface area contributed by atoms with Gasteiger partial charge in [0.2, 0.25) is 5.16 Å². The van der Waals surface area contributed by atoms with E-state index in [1.54, 1.807) is 16.4 Å². The first-order valence-electron chi connectivity index (χ1n) is 5.32. The van der Waals surface area contributed by atoms with Crippen LogP contribution in [0.3, 0.4) is 0 Å². The summed E-state index contributed by atoms with van der Waals surface area (Å²) < 4.78 is 2.51. The Hall–Kier alpha value is -1.01. The van der Waals surface area contributed by atoms with E-state index in [2.05, 4.69) is 33.1 Å². The summed E-state index contributed by atoms with van der Waals surface area (Å²) in [6.07, 6.45) is 1.09. The SMILES string of the molecule is CCCSc1nnc(-c2ccccc2Br)n1N. The Morgan fingerprint density at radius 1 is 1.35 bits per heavy atom. The zero-order valence-corrected chi connectivity index (χ0v) is 11.8. The third-order valence-electron chi connectivity index (χ3n) is 2.21. The zero-order chi connectivity index (χ0) is 12.3. The van der Waals surface area contributed by atoms with Crippen molar-refractivity contribution in [3.63, 3.8) is 0 Å². The number of nitrogens with two attached hydrogens (primary N) is 1. The maximum atomic E-state index is 6.00. The van der Waals surface area contributed by atoms with Gasteiger partial charge in [-0.15, -0.1) is 10.2 Å². The van der Waals surface area contributed by atoms with Crippen LogP contribution in [0.2, 0.25) is 0 Å². The number of nitrogens with zero attached hydrogens (tertiary/aromatic N) is 3. The molecule has 0 fully saturated rings. The van der Waals surface area contributed by atoms with Crippen LogP contribution in [0.15, 0.2) is 33.9 Å². The fraction of sp³-hybridized carbons (Fsp3) is 0.273. The zero-order valence-electron chi connectivity index (χ0n) is 9.43. The van der Waals surface area contributed by atoms with E-state index < -0.39 is 0 Å². The number of hydrogen-bond donors (Lipinski definition) is 1. The highest BCUT2D eigenvalue weighted by Gasteiger charge is 2.13. The van der Waals surface area contributed by atoms with Crippen molar-refractivity contribution in [2.45, 2.75) is 18.5 Å². The van der Waals surface area contributed by atoms with Crippen LogP contribution in [-0.4, -0.2) is 20.6 Å². The largest absolute Gasteiger partial charge is 0.335 e. The molecule has 0 radical (unpaired) electrons. The van der Waals surface area contributed by atoms with Crippen molar-refractivity contribution in [3.05, 3.63) is 28.7 Å². The topological polar surface area (TPSA) is 56.7 Å². The van der Waals surface area contributed by atoms with Gasteiger partial charge >= 0.3 is 0 Å². The molecule has 1 aromatic carbocycles. The molecule has 0 saturated heterocycles. The van der Waals surface area contributed by atoms with Crippen LogP contribution in [0.5, 0.6) is 0 Å². The van der Waals surface area contributed by atoms with Crippen molar-refractivity contribution >= 4 is 27.7 Å². The molecule has 90 valence electrons. The van der Waals surface area contributed by atoms with Crippen molar-refractivity contribution < 1.29 is 0 Å². The molecule has 17 heavy (non-hydrogen) atoms. The Balaban J connectivity index is 2.34. The lowest BCUT2D eigenvalue weighted by Crippen LogP contribution is -2.11. The van der Waals surface area contributed by atoms with Gasteiger partial charge in [0.1, 0.15) is 0 Å². The van der Waals surface area contributed by atoms with Crippen LogP contribution in [0.25, 0.3) is 11.4 Å². The third kappa shape index (κ3) is 2.63. The molecule has 0 bridgehead atoms. The summed E-state index contributed by atoms with van der Waals surface area (Å²) in [5.41, 5.74) is 0.950. The summed E-state index contributed by atoms with van der Waals surface area (Å²) in [5, 5.41) is 8.99. The summed E-state index contributed by atoms with van der Waals surface area (Å²) in [5.74, 6) is 7.66. The number of thioether (sulfide) groups is 1. The van der Waals surface area contributed by atoms with Crippen molar-refractivity contribution in [1.29, 1.82) is 0 Å². The Kier molecular flexibility index (Phi) is 4.06. The summed E-state index contributed by atoms with van der Waals surface area (Å²) in [6, 6.07) is 7.83. The van der Waals surface area contributed by atoms with Gasteiger partial charge in [-0.3, -0.25) is 0 Å². The van der Waals surface area contributed by atoms with Gasteiger partial charge in [-0.2, -0.15) is 0 Å². The Morgan fingerprint density at radius 3 is 2.82 bits per heavy atom. The molecule has 2 aromatic rings. The monoisotopic (exact) mass is 312 g/mol. The van der Waals surface area contributed by atoms with Crippen molar-refractivity contribution in [2.24, 2.45) is 0 Å². The maximum Gasteiger partial charge on any atom is 0.210 e. The molecule has 0 unspecified atom stereocenters. The molecule has 2 rings (SSSR count). The van der Waals surface area contributed by atoms with Gasteiger partial charge in [0.15, 0.2) is 5.82 Å². The molecular formula is C11H13BrN4S. The second kappa shape index (κ2) is 5.55. The lowest BCUT2D eigenvalue weighted by molar-refractivity contribution is 0.848. The summed E-state index contributed by atoms with van der Waals surface area (Å²) >= 11 is 5.10. The molecular weight excluding hydrogens is 300 g/mol. The van der Waals surface area contributed by atoms with Crippen LogP contribution in [-0.2, 0) is 0 Å². The van der Waals surface area contributed by atoms with Crippen molar-refractivity contribution in [2.75, 3.05) is 11.6 Å². The molecule has 4 nitrogen and oxygen atoms in total. The average molecular weight is 313 g/mol. The van der Waals surface area contributed by atoms with E-state index in [1.807, 2.05) is 24.3 Å². The van der Waals surface area contributed by atoms with E-state index in [-0.39, 0.29) is 0 Å². The van der Waals surface area contributed by atoms with E-state index in [0.29, 0.717) is 5.82 Å². The molecule has 1 heterocycles. The van der Waals surface area contributed by atoms with Gasteiger partial charge in [0, 0.05) is 15.8 Å². The van der Waals surface area contributed by atoms with Gasteiger partial charge in [-0.1, -0.05) is 46.7 Å². The Morgan fingerprint density at radius 2 is 2.12 bits per heavy atom. The van der Waals surface area contributed by atoms with E-state index >= 15 is 0 Å². The molecule has 6 heteroatoms. The standard InChI is InChI=1S/C11H13BrN4S/c1-2-7-17-11-15-14-10(16(11)13)8-5-3-4-6-9(8)12/h3-6H,2,7,13H2,1H3. The maximum absolute atomic E-state index is 6.00. The summed E-state index contributed by atoms with van der Waals surface area (Å²) in [4.78, 5) is 0. The van der Waals surface area contributed by atoms with Crippen molar-refractivity contribution in [1.82, 2.24) is 14.9 Å². The minimum Gasteiger partial charge on any atom is -0.335 e. The highest BCUT2D eigenvalue weighted by molar-refractivity contribution is 9.10. The Bertz CT molecular complexity index is 512. The number of hydrogen-bond acceptors (Lipinski definition) is 4. The summed E-state index contributed by atoms with van der Waals surface area (Å²) in [6.45, 7) is 2.12. The van der Waals surface area contributed by atoms with Gasteiger partial charge in [0.25, 0.3) is 0 Å². The minimum absolute atomic E-state index is 0.677. The predicted octanol–water partition coefficient (Wildman–Crippen LogP) is 2.92. The highest BCUT2D eigenvalue weighted by atomic mass is 79.9. The van der Waals surface area contributed by atoms with Crippen molar-refractivity contribution in [3.8, 4) is 11.4 Å². The quantitative estimate of drug-likeness (QED) is 0.696. The van der Waals surface area contributed by atoms with Gasteiger partial charge in [-0.25, -0.2) is 4.68 Å². The van der Waals surface area contributed by atoms with Gasteiger partial charge in [-0.05, 0) is 18.6 Å². The normalized spacial score (nSPS) is 10.7. The fourth-order valence-electron chi connectivity index (χ4n) is 1.40. The summed E-state index contributed by atoms with van der Waals surface area (Å²) in [7, 11) is 0. The second-order valence-electron chi connectivity index (χ2n) is 3.50. The van der Waals surface area contributed by atoms with Crippen LogP contribution in [0.1, 0.15) is 13.3 Å². The van der Waals surface area contributed by atoms with E-state index in [4.69, 9.17) is 5.84 Å². The molecule has 0 saturated carbocycles. The number of nitrogen functional groups attached to an aromatic ring is 1. The number of rotatable bonds is 4. The first-order chi connectivity index (χ1) is 8.24. The van der Waals surface area contributed by atoms with Gasteiger partial charge in [0.05, 0.1) is 0 Å². The van der Waals surface area contributed by atoms with Crippen LogP contribution in [0, 0.1) is 0 Å². The van der Waals surface area contributed by atoms with E-state index in [0.717, 1.165) is 27.4 Å². The molecule has 0 aliphatic rings. The molecule has 2 N–H and O–H groups in total. The average Bonchev–Trinajstić information content (AvgIpc) is 2.69. The minimum atomic E-state index is 0.677. The molecule has 0 aliphatic heterocycles. The lowest BCUT2D eigenvalue weighted by atomic mass is 10.2. The second-order valence-corrected chi connectivity index (χ2v) is 5.42. The number of benzene rings is 1. The molecule has 0 amide bonds. The molecule has 1 aromatic heterocycles. The van der Waals surface area contributed by atoms with E-state index in [9.17, 15) is 0 Å². The molecule has 0 spiro atoms. The first kappa shape index (κ1) is 12.4.